The summed E-state index contributed by atoms with van der Waals surface area (Å²) in [5.74, 6) is 0. The van der Waals surface area contributed by atoms with Crippen LogP contribution < -0.4 is 0 Å². The van der Waals surface area contributed by atoms with E-state index in [1.54, 1.807) is 0 Å². The second-order valence-electron chi connectivity index (χ2n) is 1.93. The highest BCUT2D eigenvalue weighted by molar-refractivity contribution is 7.44. The van der Waals surface area contributed by atoms with Crippen LogP contribution in [-0.4, -0.2) is 11.1 Å². The fourth-order valence-electron chi connectivity index (χ4n) is 0.596. The number of halogens is 2. The molecule has 0 aliphatic rings. The van der Waals surface area contributed by atoms with Gasteiger partial charge in [0.25, 0.3) is 0 Å². The molecular formula is C5H7Cl2NSi. The zero-order valence-electron chi connectivity index (χ0n) is 5.01. The van der Waals surface area contributed by atoms with Crippen molar-refractivity contribution in [2.75, 3.05) is 0 Å². The summed E-state index contributed by atoms with van der Waals surface area (Å²) < 4.78 is 1.86. The highest BCUT2D eigenvalue weighted by Gasteiger charge is 2.22. The van der Waals surface area contributed by atoms with Gasteiger partial charge in [-0.15, -0.1) is 22.2 Å². The molecular weight excluding hydrogens is 173 g/mol. The lowest BCUT2D eigenvalue weighted by Crippen LogP contribution is -2.24. The van der Waals surface area contributed by atoms with Gasteiger partial charge < -0.3 is 4.23 Å². The molecule has 0 saturated heterocycles. The summed E-state index contributed by atoms with van der Waals surface area (Å²) >= 11 is 11.7. The maximum absolute atomic E-state index is 5.87. The molecule has 1 aromatic rings. The molecule has 0 aliphatic carbocycles. The molecule has 0 N–H and O–H groups in total. The van der Waals surface area contributed by atoms with E-state index in [9.17, 15) is 0 Å². The average Bonchev–Trinajstić information content (AvgIpc) is 2.08. The number of hydrogen-bond acceptors (Lipinski definition) is 0. The predicted molar refractivity (Wildman–Crippen MR) is 43.2 cm³/mol. The molecule has 1 nitrogen and oxygen atoms in total. The van der Waals surface area contributed by atoms with Gasteiger partial charge in [0.2, 0.25) is 0 Å². The molecule has 1 heterocycles. The summed E-state index contributed by atoms with van der Waals surface area (Å²) in [7, 11) is 0. The Morgan fingerprint density at radius 2 is 1.67 bits per heavy atom. The Bertz CT molecular complexity index is 177. The summed E-state index contributed by atoms with van der Waals surface area (Å²) in [6.45, 7) is -0.263. The molecule has 0 atom stereocenters. The van der Waals surface area contributed by atoms with Crippen molar-refractivity contribution in [1.82, 2.24) is 4.23 Å². The average molecular weight is 180 g/mol. The zero-order valence-corrected chi connectivity index (χ0v) is 7.52. The van der Waals surface area contributed by atoms with Crippen molar-refractivity contribution in [2.24, 2.45) is 0 Å². The molecule has 4 heteroatoms. The maximum atomic E-state index is 5.87. The van der Waals surface area contributed by atoms with Gasteiger partial charge in [0, 0.05) is 0 Å². The predicted octanol–water partition coefficient (Wildman–Crippen LogP) is 2.38. The van der Waals surface area contributed by atoms with E-state index >= 15 is 0 Å². The van der Waals surface area contributed by atoms with Gasteiger partial charge in [-0.05, 0) is 31.1 Å². The van der Waals surface area contributed by atoms with Gasteiger partial charge in [-0.2, -0.15) is 0 Å². The molecule has 0 radical (unpaired) electrons. The topological polar surface area (TPSA) is 4.93 Å². The number of nitrogens with zero attached hydrogens (tertiary/aromatic N) is 1. The second kappa shape index (κ2) is 2.37. The van der Waals surface area contributed by atoms with Gasteiger partial charge in [-0.1, -0.05) is 0 Å². The Labute approximate surface area is 64.7 Å². The van der Waals surface area contributed by atoms with Gasteiger partial charge in [0.05, 0.1) is 0 Å². The van der Waals surface area contributed by atoms with Crippen LogP contribution in [-0.2, 0) is 0 Å². The van der Waals surface area contributed by atoms with Crippen molar-refractivity contribution >= 4 is 29.0 Å². The fraction of sp³-hybridized carbons (Fsp3) is 0.200. The van der Waals surface area contributed by atoms with E-state index < -0.39 is 6.86 Å². The minimum atomic E-state index is -2.12. The third-order valence-corrected chi connectivity index (χ3v) is 3.43. The lowest BCUT2D eigenvalue weighted by molar-refractivity contribution is 1.21. The van der Waals surface area contributed by atoms with Crippen molar-refractivity contribution in [3.63, 3.8) is 0 Å². The monoisotopic (exact) mass is 179 g/mol. The maximum Gasteiger partial charge on any atom is 0.353 e. The van der Waals surface area contributed by atoms with Crippen molar-refractivity contribution in [3.05, 3.63) is 24.5 Å². The SMILES string of the molecule is C[Si](Cl)(Cl)n1cccc1. The molecule has 9 heavy (non-hydrogen) atoms. The molecule has 0 spiro atoms. The van der Waals surface area contributed by atoms with E-state index in [2.05, 4.69) is 0 Å². The molecule has 1 rings (SSSR count). The number of aromatic nitrogens is 1. The first-order valence-electron chi connectivity index (χ1n) is 2.62. The van der Waals surface area contributed by atoms with Gasteiger partial charge in [-0.25, -0.2) is 0 Å². The molecule has 50 valence electrons. The van der Waals surface area contributed by atoms with Crippen LogP contribution in [0.25, 0.3) is 0 Å². The largest absolute Gasteiger partial charge is 0.356 e. The van der Waals surface area contributed by atoms with Crippen LogP contribution in [0.4, 0.5) is 0 Å². The Morgan fingerprint density at radius 1 is 1.22 bits per heavy atom. The van der Waals surface area contributed by atoms with E-state index in [4.69, 9.17) is 22.2 Å². The first kappa shape index (κ1) is 7.19. The lowest BCUT2D eigenvalue weighted by Gasteiger charge is -2.10. The standard InChI is InChI=1S/C5H7Cl2NSi/c1-9(6,7)8-4-2-3-5-8/h2-5H,1H3. The molecule has 0 saturated carbocycles. The summed E-state index contributed by atoms with van der Waals surface area (Å²) in [6.07, 6.45) is 3.76. The van der Waals surface area contributed by atoms with Gasteiger partial charge in [0.15, 0.2) is 0 Å². The van der Waals surface area contributed by atoms with Crippen molar-refractivity contribution < 1.29 is 0 Å². The molecule has 0 amide bonds. The minimum Gasteiger partial charge on any atom is -0.356 e. The lowest BCUT2D eigenvalue weighted by atomic mass is 10.7. The third-order valence-electron chi connectivity index (χ3n) is 1.06. The van der Waals surface area contributed by atoms with Crippen LogP contribution in [0.15, 0.2) is 24.5 Å². The van der Waals surface area contributed by atoms with Crippen LogP contribution in [0, 0.1) is 0 Å². The van der Waals surface area contributed by atoms with Crippen LogP contribution in [0.1, 0.15) is 0 Å². The first-order chi connectivity index (χ1) is 4.11. The van der Waals surface area contributed by atoms with E-state index in [1.165, 1.54) is 0 Å². The van der Waals surface area contributed by atoms with E-state index in [0.29, 0.717) is 0 Å². The Hall–Kier alpha value is 0.0769. The van der Waals surface area contributed by atoms with Crippen LogP contribution in [0.5, 0.6) is 0 Å². The van der Waals surface area contributed by atoms with Crippen molar-refractivity contribution in [3.8, 4) is 0 Å². The van der Waals surface area contributed by atoms with Crippen molar-refractivity contribution in [1.29, 1.82) is 0 Å². The summed E-state index contributed by atoms with van der Waals surface area (Å²) in [6, 6.07) is 3.83. The third kappa shape index (κ3) is 1.74. The summed E-state index contributed by atoms with van der Waals surface area (Å²) in [5.41, 5.74) is 0. The van der Waals surface area contributed by atoms with Crippen LogP contribution in [0.3, 0.4) is 0 Å². The number of rotatable bonds is 1. The molecule has 0 aliphatic heterocycles. The fourth-order valence-corrected chi connectivity index (χ4v) is 1.97. The minimum absolute atomic E-state index is 1.86. The highest BCUT2D eigenvalue weighted by atomic mass is 35.7. The Morgan fingerprint density at radius 3 is 1.89 bits per heavy atom. The molecule has 0 fully saturated rings. The molecule has 0 unspecified atom stereocenters. The van der Waals surface area contributed by atoms with E-state index in [1.807, 2.05) is 35.3 Å². The highest BCUT2D eigenvalue weighted by Crippen LogP contribution is 2.16. The van der Waals surface area contributed by atoms with E-state index in [-0.39, 0.29) is 0 Å². The first-order valence-corrected chi connectivity index (χ1v) is 7.09. The van der Waals surface area contributed by atoms with Crippen LogP contribution >= 0.6 is 22.2 Å². The summed E-state index contributed by atoms with van der Waals surface area (Å²) in [5, 5.41) is 0. The smallest absolute Gasteiger partial charge is 0.353 e. The molecule has 0 bridgehead atoms. The van der Waals surface area contributed by atoms with Gasteiger partial charge >= 0.3 is 6.86 Å². The normalized spacial score (nSPS) is 11.9. The van der Waals surface area contributed by atoms with Crippen molar-refractivity contribution in [2.45, 2.75) is 6.55 Å². The zero-order chi connectivity index (χ0) is 6.91. The van der Waals surface area contributed by atoms with Crippen LogP contribution in [0.2, 0.25) is 6.55 Å². The molecule has 0 aromatic carbocycles. The van der Waals surface area contributed by atoms with E-state index in [0.717, 1.165) is 0 Å². The molecule has 1 aromatic heterocycles. The Balaban J connectivity index is 2.90. The second-order valence-corrected chi connectivity index (χ2v) is 9.13. The van der Waals surface area contributed by atoms with Gasteiger partial charge in [0.1, 0.15) is 0 Å². The quantitative estimate of drug-likeness (QED) is 0.462. The van der Waals surface area contributed by atoms with Gasteiger partial charge in [-0.3, -0.25) is 0 Å². The Kier molecular flexibility index (Phi) is 1.89. The number of hydrogen-bond donors (Lipinski definition) is 0. The summed E-state index contributed by atoms with van der Waals surface area (Å²) in [4.78, 5) is 0.